The van der Waals surface area contributed by atoms with Gasteiger partial charge in [0.25, 0.3) is 0 Å². The van der Waals surface area contributed by atoms with E-state index in [-0.39, 0.29) is 6.42 Å². The number of benzene rings is 2. The molecular weight excluding hydrogens is 324 g/mol. The van der Waals surface area contributed by atoms with Crippen molar-refractivity contribution in [2.24, 2.45) is 0 Å². The van der Waals surface area contributed by atoms with Crippen molar-refractivity contribution in [1.29, 1.82) is 0 Å². The molecule has 0 heterocycles. The third kappa shape index (κ3) is 4.57. The third-order valence-corrected chi connectivity index (χ3v) is 4.92. The first-order valence-electron chi connectivity index (χ1n) is 7.00. The van der Waals surface area contributed by atoms with Crippen molar-refractivity contribution in [3.05, 3.63) is 65.7 Å². The summed E-state index contributed by atoms with van der Waals surface area (Å²) in [5.74, 6) is -2.01. The van der Waals surface area contributed by atoms with E-state index in [0.717, 1.165) is 12.1 Å². The maximum Gasteiger partial charge on any atom is 0.243 e. The Balaban J connectivity index is 2.08. The number of aliphatic hydroxyl groups excluding tert-OH is 1. The second kappa shape index (κ2) is 7.16. The van der Waals surface area contributed by atoms with Crippen LogP contribution in [0.25, 0.3) is 0 Å². The minimum absolute atomic E-state index is 0.117. The van der Waals surface area contributed by atoms with Crippen molar-refractivity contribution in [1.82, 2.24) is 4.72 Å². The molecule has 0 bridgehead atoms. The van der Waals surface area contributed by atoms with Crippen LogP contribution in [0.15, 0.2) is 53.4 Å². The van der Waals surface area contributed by atoms with Gasteiger partial charge in [0.1, 0.15) is 16.5 Å². The summed E-state index contributed by atoms with van der Waals surface area (Å²) in [7, 11) is -4.14. The molecule has 23 heavy (non-hydrogen) atoms. The lowest BCUT2D eigenvalue weighted by molar-refractivity contribution is 0.158. The van der Waals surface area contributed by atoms with Gasteiger partial charge in [-0.05, 0) is 31.0 Å². The normalized spacial score (nSPS) is 14.4. The highest BCUT2D eigenvalue weighted by atomic mass is 32.2. The van der Waals surface area contributed by atoms with E-state index in [1.54, 1.807) is 37.3 Å². The van der Waals surface area contributed by atoms with Gasteiger partial charge in [0.2, 0.25) is 10.0 Å². The zero-order chi connectivity index (χ0) is 17.0. The molecule has 2 atom stereocenters. The van der Waals surface area contributed by atoms with Gasteiger partial charge in [0, 0.05) is 12.1 Å². The summed E-state index contributed by atoms with van der Waals surface area (Å²) in [6, 6.07) is 10.4. The highest BCUT2D eigenvalue weighted by molar-refractivity contribution is 7.89. The maximum absolute atomic E-state index is 13.6. The van der Waals surface area contributed by atoms with Crippen LogP contribution in [-0.2, 0) is 10.0 Å². The average Bonchev–Trinajstić information content (AvgIpc) is 2.46. The number of rotatable bonds is 6. The fourth-order valence-electron chi connectivity index (χ4n) is 2.22. The molecule has 2 rings (SSSR count). The number of nitrogens with one attached hydrogen (secondary N) is 1. The summed E-state index contributed by atoms with van der Waals surface area (Å²) in [5.41, 5.74) is 0.659. The molecule has 124 valence electrons. The quantitative estimate of drug-likeness (QED) is 0.849. The van der Waals surface area contributed by atoms with Crippen molar-refractivity contribution < 1.29 is 22.3 Å². The molecule has 0 spiro atoms. The Morgan fingerprint density at radius 1 is 1.13 bits per heavy atom. The zero-order valence-corrected chi connectivity index (χ0v) is 13.2. The van der Waals surface area contributed by atoms with Gasteiger partial charge in [-0.15, -0.1) is 0 Å². The lowest BCUT2D eigenvalue weighted by Gasteiger charge is -2.18. The molecule has 2 aromatic carbocycles. The Morgan fingerprint density at radius 3 is 2.39 bits per heavy atom. The molecule has 4 nitrogen and oxygen atoms in total. The molecule has 2 unspecified atom stereocenters. The maximum atomic E-state index is 13.6. The first kappa shape index (κ1) is 17.5. The van der Waals surface area contributed by atoms with Crippen LogP contribution in [0.5, 0.6) is 0 Å². The van der Waals surface area contributed by atoms with Crippen LogP contribution in [0, 0.1) is 11.6 Å². The van der Waals surface area contributed by atoms with E-state index in [4.69, 9.17) is 0 Å². The molecule has 0 fully saturated rings. The SMILES string of the molecule is CC(CC(O)c1ccccc1)NS(=O)(=O)c1ccc(F)cc1F. The predicted molar refractivity (Wildman–Crippen MR) is 82.2 cm³/mol. The van der Waals surface area contributed by atoms with Crippen molar-refractivity contribution in [3.63, 3.8) is 0 Å². The third-order valence-electron chi connectivity index (χ3n) is 3.30. The highest BCUT2D eigenvalue weighted by Crippen LogP contribution is 2.20. The Kier molecular flexibility index (Phi) is 5.46. The van der Waals surface area contributed by atoms with Gasteiger partial charge in [0.15, 0.2) is 0 Å². The fourth-order valence-corrected chi connectivity index (χ4v) is 3.53. The molecule has 0 aromatic heterocycles. The molecule has 0 saturated carbocycles. The Hall–Kier alpha value is -1.83. The molecule has 0 aliphatic rings. The molecule has 0 aliphatic carbocycles. The van der Waals surface area contributed by atoms with E-state index in [2.05, 4.69) is 4.72 Å². The van der Waals surface area contributed by atoms with Gasteiger partial charge in [-0.1, -0.05) is 30.3 Å². The predicted octanol–water partition coefficient (Wildman–Crippen LogP) is 2.76. The van der Waals surface area contributed by atoms with Crippen LogP contribution in [0.4, 0.5) is 8.78 Å². The fraction of sp³-hybridized carbons (Fsp3) is 0.250. The van der Waals surface area contributed by atoms with Crippen molar-refractivity contribution in [2.75, 3.05) is 0 Å². The first-order valence-corrected chi connectivity index (χ1v) is 8.48. The Bertz CT molecular complexity index is 766. The van der Waals surface area contributed by atoms with Gasteiger partial charge in [0.05, 0.1) is 6.10 Å². The molecule has 0 saturated heterocycles. The first-order chi connectivity index (χ1) is 10.8. The second-order valence-electron chi connectivity index (χ2n) is 5.26. The molecular formula is C16H17F2NO3S. The number of sulfonamides is 1. The molecule has 0 amide bonds. The van der Waals surface area contributed by atoms with E-state index in [1.807, 2.05) is 0 Å². The number of hydrogen-bond donors (Lipinski definition) is 2. The number of hydrogen-bond acceptors (Lipinski definition) is 3. The Morgan fingerprint density at radius 2 is 1.78 bits per heavy atom. The smallest absolute Gasteiger partial charge is 0.243 e. The topological polar surface area (TPSA) is 66.4 Å². The van der Waals surface area contributed by atoms with Gasteiger partial charge in [-0.3, -0.25) is 0 Å². The van der Waals surface area contributed by atoms with E-state index in [1.165, 1.54) is 0 Å². The molecule has 2 aromatic rings. The van der Waals surface area contributed by atoms with Gasteiger partial charge >= 0.3 is 0 Å². The number of aliphatic hydroxyl groups is 1. The molecule has 0 aliphatic heterocycles. The van der Waals surface area contributed by atoms with E-state index >= 15 is 0 Å². The van der Waals surface area contributed by atoms with Crippen LogP contribution < -0.4 is 4.72 Å². The van der Waals surface area contributed by atoms with E-state index < -0.39 is 38.7 Å². The summed E-state index contributed by atoms with van der Waals surface area (Å²) in [4.78, 5) is -0.625. The molecule has 0 radical (unpaired) electrons. The van der Waals surface area contributed by atoms with Crippen LogP contribution in [0.3, 0.4) is 0 Å². The highest BCUT2D eigenvalue weighted by Gasteiger charge is 2.23. The van der Waals surface area contributed by atoms with Crippen LogP contribution >= 0.6 is 0 Å². The molecule has 2 N–H and O–H groups in total. The standard InChI is InChI=1S/C16H17F2NO3S/c1-11(9-15(20)12-5-3-2-4-6-12)19-23(21,22)16-8-7-13(17)10-14(16)18/h2-8,10-11,15,19-20H,9H2,1H3. The van der Waals surface area contributed by atoms with Gasteiger partial charge < -0.3 is 5.11 Å². The Labute approximate surface area is 133 Å². The van der Waals surface area contributed by atoms with Gasteiger partial charge in [-0.2, -0.15) is 0 Å². The van der Waals surface area contributed by atoms with Crippen molar-refractivity contribution in [3.8, 4) is 0 Å². The lowest BCUT2D eigenvalue weighted by atomic mass is 10.0. The summed E-state index contributed by atoms with van der Waals surface area (Å²) < 4.78 is 53.0. The summed E-state index contributed by atoms with van der Waals surface area (Å²) in [6.45, 7) is 1.56. The average molecular weight is 341 g/mol. The second-order valence-corrected chi connectivity index (χ2v) is 6.94. The van der Waals surface area contributed by atoms with E-state index in [0.29, 0.717) is 11.6 Å². The summed E-state index contributed by atoms with van der Waals surface area (Å²) in [5, 5.41) is 10.1. The molecule has 7 heteroatoms. The largest absolute Gasteiger partial charge is 0.388 e. The van der Waals surface area contributed by atoms with Crippen LogP contribution in [-0.4, -0.2) is 19.6 Å². The van der Waals surface area contributed by atoms with Crippen molar-refractivity contribution >= 4 is 10.0 Å². The number of halogens is 2. The zero-order valence-electron chi connectivity index (χ0n) is 12.4. The van der Waals surface area contributed by atoms with Crippen LogP contribution in [0.2, 0.25) is 0 Å². The minimum Gasteiger partial charge on any atom is -0.388 e. The van der Waals surface area contributed by atoms with Gasteiger partial charge in [-0.25, -0.2) is 21.9 Å². The monoisotopic (exact) mass is 341 g/mol. The van der Waals surface area contributed by atoms with E-state index in [9.17, 15) is 22.3 Å². The van der Waals surface area contributed by atoms with Crippen molar-refractivity contribution in [2.45, 2.75) is 30.4 Å². The minimum atomic E-state index is -4.14. The summed E-state index contributed by atoms with van der Waals surface area (Å²) in [6.07, 6.45) is -0.738. The lowest BCUT2D eigenvalue weighted by Crippen LogP contribution is -2.34. The summed E-state index contributed by atoms with van der Waals surface area (Å²) >= 11 is 0. The van der Waals surface area contributed by atoms with Crippen LogP contribution in [0.1, 0.15) is 25.0 Å².